The van der Waals surface area contributed by atoms with Gasteiger partial charge in [0.05, 0.1) is 18.0 Å². The Bertz CT molecular complexity index is 1590. The zero-order valence-electron chi connectivity index (χ0n) is 18.0. The lowest BCUT2D eigenvalue weighted by atomic mass is 9.95. The molecule has 0 saturated carbocycles. The van der Waals surface area contributed by atoms with Crippen LogP contribution < -0.4 is 5.56 Å². The Morgan fingerprint density at radius 1 is 0.971 bits per heavy atom. The van der Waals surface area contributed by atoms with Crippen molar-refractivity contribution in [2.75, 3.05) is 6.26 Å². The number of aromatic nitrogens is 1. The molecule has 0 aliphatic carbocycles. The van der Waals surface area contributed by atoms with Crippen molar-refractivity contribution in [2.45, 2.75) is 18.0 Å². The first-order valence-corrected chi connectivity index (χ1v) is 12.5. The van der Waals surface area contributed by atoms with Crippen molar-refractivity contribution in [3.05, 3.63) is 98.9 Å². The van der Waals surface area contributed by atoms with Crippen LogP contribution in [0.25, 0.3) is 21.9 Å². The number of aliphatic hydroxyl groups is 1. The summed E-state index contributed by atoms with van der Waals surface area (Å²) in [6, 6.07) is 17.4. The van der Waals surface area contributed by atoms with Crippen LogP contribution in [-0.4, -0.2) is 35.4 Å². The highest BCUT2D eigenvalue weighted by Gasteiger charge is 2.23. The highest BCUT2D eigenvalue weighted by atomic mass is 35.5. The molecule has 0 unspecified atom stereocenters. The summed E-state index contributed by atoms with van der Waals surface area (Å²) in [6.07, 6.45) is 1.09. The SMILES string of the molecule is CS(=O)(=O)c1ccc(Cn2c(C(=O)O)c(-c3cccc(CO)c3)c3cc(Cl)ccc3c2=O)cc1. The van der Waals surface area contributed by atoms with Crippen LogP contribution in [0.4, 0.5) is 0 Å². The Balaban J connectivity index is 2.03. The number of hydrogen-bond acceptors (Lipinski definition) is 5. The molecule has 0 bridgehead atoms. The average Bonchev–Trinajstić information content (AvgIpc) is 2.80. The van der Waals surface area contributed by atoms with Gasteiger partial charge in [0.2, 0.25) is 0 Å². The van der Waals surface area contributed by atoms with Gasteiger partial charge in [0.25, 0.3) is 5.56 Å². The summed E-state index contributed by atoms with van der Waals surface area (Å²) in [5.74, 6) is -1.31. The van der Waals surface area contributed by atoms with E-state index in [0.29, 0.717) is 32.7 Å². The molecule has 34 heavy (non-hydrogen) atoms. The van der Waals surface area contributed by atoms with Crippen LogP contribution in [-0.2, 0) is 23.0 Å². The molecule has 0 saturated heterocycles. The number of aromatic carboxylic acids is 1. The van der Waals surface area contributed by atoms with Gasteiger partial charge >= 0.3 is 5.97 Å². The molecule has 1 aromatic heterocycles. The second kappa shape index (κ2) is 9.06. The van der Waals surface area contributed by atoms with E-state index in [1.165, 1.54) is 12.1 Å². The fraction of sp³-hybridized carbons (Fsp3) is 0.120. The minimum atomic E-state index is -3.40. The lowest BCUT2D eigenvalue weighted by Gasteiger charge is -2.18. The molecular weight excluding hydrogens is 478 g/mol. The van der Waals surface area contributed by atoms with E-state index in [1.54, 1.807) is 54.6 Å². The fourth-order valence-corrected chi connectivity index (χ4v) is 4.74. The second-order valence-corrected chi connectivity index (χ2v) is 10.3. The summed E-state index contributed by atoms with van der Waals surface area (Å²) in [7, 11) is -3.40. The third kappa shape index (κ3) is 4.48. The molecule has 3 aromatic carbocycles. The van der Waals surface area contributed by atoms with Gasteiger partial charge < -0.3 is 10.2 Å². The standard InChI is InChI=1S/C25H20ClNO6S/c1-34(32,33)19-8-5-15(6-9-19)13-27-23(25(30)31)22(17-4-2-3-16(11-17)14-28)21-12-18(26)7-10-20(21)24(27)29/h2-12,28H,13-14H2,1H3,(H,30,31). The van der Waals surface area contributed by atoms with E-state index in [1.807, 2.05) is 0 Å². The maximum absolute atomic E-state index is 13.4. The molecule has 174 valence electrons. The number of fused-ring (bicyclic) bond motifs is 1. The lowest BCUT2D eigenvalue weighted by Crippen LogP contribution is -2.28. The van der Waals surface area contributed by atoms with E-state index in [0.717, 1.165) is 10.8 Å². The molecule has 1 heterocycles. The van der Waals surface area contributed by atoms with Gasteiger partial charge in [-0.05, 0) is 58.5 Å². The number of rotatable bonds is 6. The number of pyridine rings is 1. The van der Waals surface area contributed by atoms with Gasteiger partial charge in [-0.25, -0.2) is 13.2 Å². The predicted molar refractivity (Wildman–Crippen MR) is 130 cm³/mol. The van der Waals surface area contributed by atoms with E-state index < -0.39 is 21.4 Å². The van der Waals surface area contributed by atoms with Gasteiger partial charge in [0, 0.05) is 22.2 Å². The van der Waals surface area contributed by atoms with Crippen LogP contribution in [0.15, 0.2) is 76.4 Å². The Labute approximate surface area is 200 Å². The van der Waals surface area contributed by atoms with Crippen molar-refractivity contribution in [3.8, 4) is 11.1 Å². The highest BCUT2D eigenvalue weighted by Crippen LogP contribution is 2.33. The zero-order valence-corrected chi connectivity index (χ0v) is 19.6. The van der Waals surface area contributed by atoms with Crippen LogP contribution >= 0.6 is 11.6 Å². The largest absolute Gasteiger partial charge is 0.477 e. The van der Waals surface area contributed by atoms with E-state index in [9.17, 15) is 28.2 Å². The summed E-state index contributed by atoms with van der Waals surface area (Å²) in [5, 5.41) is 20.8. The first kappa shape index (κ1) is 23.7. The molecule has 9 heteroatoms. The summed E-state index contributed by atoms with van der Waals surface area (Å²) in [4.78, 5) is 26.1. The van der Waals surface area contributed by atoms with Crippen LogP contribution in [0.2, 0.25) is 5.02 Å². The molecule has 0 atom stereocenters. The minimum Gasteiger partial charge on any atom is -0.477 e. The van der Waals surface area contributed by atoms with Gasteiger partial charge in [-0.1, -0.05) is 41.9 Å². The second-order valence-electron chi connectivity index (χ2n) is 7.88. The average molecular weight is 498 g/mol. The van der Waals surface area contributed by atoms with Crippen LogP contribution in [0.1, 0.15) is 21.6 Å². The number of hydrogen-bond donors (Lipinski definition) is 2. The topological polar surface area (TPSA) is 114 Å². The predicted octanol–water partition coefficient (Wildman–Crippen LogP) is 3.96. The molecule has 4 rings (SSSR count). The first-order chi connectivity index (χ1) is 16.1. The number of benzene rings is 3. The normalized spacial score (nSPS) is 11.6. The van der Waals surface area contributed by atoms with Crippen molar-refractivity contribution < 1.29 is 23.4 Å². The summed E-state index contributed by atoms with van der Waals surface area (Å²) >= 11 is 6.20. The smallest absolute Gasteiger partial charge is 0.353 e. The van der Waals surface area contributed by atoms with Crippen molar-refractivity contribution in [2.24, 2.45) is 0 Å². The van der Waals surface area contributed by atoms with Crippen molar-refractivity contribution in [3.63, 3.8) is 0 Å². The molecule has 0 radical (unpaired) electrons. The molecule has 0 aliphatic heterocycles. The molecule has 0 aliphatic rings. The molecule has 2 N–H and O–H groups in total. The number of carboxylic acids is 1. The molecular formula is C25H20ClNO6S. The summed E-state index contributed by atoms with van der Waals surface area (Å²) < 4.78 is 24.7. The van der Waals surface area contributed by atoms with E-state index in [-0.39, 0.29) is 29.1 Å². The first-order valence-electron chi connectivity index (χ1n) is 10.2. The Morgan fingerprint density at radius 2 is 1.68 bits per heavy atom. The van der Waals surface area contributed by atoms with E-state index >= 15 is 0 Å². The third-order valence-electron chi connectivity index (χ3n) is 5.53. The number of carboxylic acid groups (broad SMARTS) is 1. The number of halogens is 1. The number of sulfone groups is 1. The third-order valence-corrected chi connectivity index (χ3v) is 6.89. The van der Waals surface area contributed by atoms with E-state index in [2.05, 4.69) is 0 Å². The van der Waals surface area contributed by atoms with Gasteiger partial charge in [-0.15, -0.1) is 0 Å². The molecule has 7 nitrogen and oxygen atoms in total. The van der Waals surface area contributed by atoms with Gasteiger partial charge in [-0.3, -0.25) is 9.36 Å². The highest BCUT2D eigenvalue weighted by molar-refractivity contribution is 7.90. The van der Waals surface area contributed by atoms with Gasteiger partial charge in [0.15, 0.2) is 9.84 Å². The fourth-order valence-electron chi connectivity index (χ4n) is 3.93. The molecule has 4 aromatic rings. The van der Waals surface area contributed by atoms with Crippen molar-refractivity contribution in [1.82, 2.24) is 4.57 Å². The van der Waals surface area contributed by atoms with Crippen LogP contribution in [0.3, 0.4) is 0 Å². The van der Waals surface area contributed by atoms with Crippen LogP contribution in [0.5, 0.6) is 0 Å². The summed E-state index contributed by atoms with van der Waals surface area (Å²) in [5.41, 5.74) is 1.20. The minimum absolute atomic E-state index is 0.0875. The number of carbonyl (C=O) groups is 1. The number of aliphatic hydroxyl groups excluding tert-OH is 1. The Kier molecular flexibility index (Phi) is 6.31. The number of nitrogens with zero attached hydrogens (tertiary/aromatic N) is 1. The van der Waals surface area contributed by atoms with E-state index in [4.69, 9.17) is 11.6 Å². The van der Waals surface area contributed by atoms with Crippen LogP contribution in [0, 0.1) is 0 Å². The molecule has 0 spiro atoms. The lowest BCUT2D eigenvalue weighted by molar-refractivity contribution is 0.0685. The monoisotopic (exact) mass is 497 g/mol. The molecule has 0 fully saturated rings. The molecule has 0 amide bonds. The van der Waals surface area contributed by atoms with Gasteiger partial charge in [0.1, 0.15) is 5.69 Å². The van der Waals surface area contributed by atoms with Gasteiger partial charge in [-0.2, -0.15) is 0 Å². The summed E-state index contributed by atoms with van der Waals surface area (Å²) in [6.45, 7) is -0.322. The Hall–Kier alpha value is -3.46. The Morgan fingerprint density at radius 3 is 2.29 bits per heavy atom. The van der Waals surface area contributed by atoms with Crippen molar-refractivity contribution in [1.29, 1.82) is 0 Å². The quantitative estimate of drug-likeness (QED) is 0.417. The zero-order chi connectivity index (χ0) is 24.6. The maximum Gasteiger partial charge on any atom is 0.353 e. The maximum atomic E-state index is 13.4. The van der Waals surface area contributed by atoms with Crippen molar-refractivity contribution >= 4 is 38.2 Å².